The van der Waals surface area contributed by atoms with Gasteiger partial charge in [-0.3, -0.25) is 9.69 Å². The summed E-state index contributed by atoms with van der Waals surface area (Å²) in [7, 11) is 1.58. The number of hydrogen-bond acceptors (Lipinski definition) is 3. The first-order valence-corrected chi connectivity index (χ1v) is 7.09. The van der Waals surface area contributed by atoms with Crippen molar-refractivity contribution in [2.75, 3.05) is 26.7 Å². The van der Waals surface area contributed by atoms with Crippen LogP contribution < -0.4 is 4.74 Å². The van der Waals surface area contributed by atoms with Crippen molar-refractivity contribution in [1.29, 1.82) is 0 Å². The van der Waals surface area contributed by atoms with Gasteiger partial charge >= 0.3 is 0 Å². The number of ether oxygens (including phenoxy) is 1. The van der Waals surface area contributed by atoms with Crippen LogP contribution in [0.1, 0.15) is 37.0 Å². The van der Waals surface area contributed by atoms with E-state index in [9.17, 15) is 4.79 Å². The van der Waals surface area contributed by atoms with Crippen molar-refractivity contribution in [2.45, 2.75) is 26.7 Å². The second-order valence-electron chi connectivity index (χ2n) is 4.55. The third-order valence-corrected chi connectivity index (χ3v) is 3.25. The van der Waals surface area contributed by atoms with Crippen molar-refractivity contribution in [3.63, 3.8) is 0 Å². The number of carbonyl (C=O) groups is 1. The van der Waals surface area contributed by atoms with Gasteiger partial charge in [0.05, 0.1) is 18.7 Å². The minimum Gasteiger partial charge on any atom is -0.497 e. The molecule has 1 aromatic carbocycles. The SMILES string of the molecule is CCCN(CCC)CC(=O)c1cc(OC)ccc1Cl. The number of ketones is 1. The number of halogens is 1. The maximum absolute atomic E-state index is 12.3. The number of carbonyl (C=O) groups excluding carboxylic acids is 1. The third-order valence-electron chi connectivity index (χ3n) is 2.92. The molecule has 0 amide bonds. The van der Waals surface area contributed by atoms with Gasteiger partial charge in [-0.1, -0.05) is 25.4 Å². The Morgan fingerprint density at radius 2 is 1.89 bits per heavy atom. The van der Waals surface area contributed by atoms with E-state index < -0.39 is 0 Å². The number of Topliss-reactive ketones (excluding diaryl/α,β-unsaturated/α-hetero) is 1. The molecule has 0 heterocycles. The number of benzene rings is 1. The predicted molar refractivity (Wildman–Crippen MR) is 79.4 cm³/mol. The van der Waals surface area contributed by atoms with Gasteiger partial charge < -0.3 is 4.74 Å². The first-order chi connectivity index (χ1) is 9.12. The molecule has 0 unspecified atom stereocenters. The van der Waals surface area contributed by atoms with Crippen LogP contribution in [0.3, 0.4) is 0 Å². The average Bonchev–Trinajstić information content (AvgIpc) is 2.39. The molecule has 0 bridgehead atoms. The zero-order valence-corrected chi connectivity index (χ0v) is 12.7. The highest BCUT2D eigenvalue weighted by molar-refractivity contribution is 6.34. The van der Waals surface area contributed by atoms with Gasteiger partial charge in [0.25, 0.3) is 0 Å². The topological polar surface area (TPSA) is 29.5 Å². The molecule has 3 nitrogen and oxygen atoms in total. The Hall–Kier alpha value is -1.06. The predicted octanol–water partition coefficient (Wildman–Crippen LogP) is 3.65. The van der Waals surface area contributed by atoms with Gasteiger partial charge in [-0.25, -0.2) is 0 Å². The fourth-order valence-corrected chi connectivity index (χ4v) is 2.26. The van der Waals surface area contributed by atoms with Crippen LogP contribution in [-0.2, 0) is 0 Å². The quantitative estimate of drug-likeness (QED) is 0.682. The van der Waals surface area contributed by atoms with E-state index in [1.807, 2.05) is 0 Å². The summed E-state index contributed by atoms with van der Waals surface area (Å²) in [6.07, 6.45) is 2.08. The molecule has 1 rings (SSSR count). The van der Waals surface area contributed by atoms with Gasteiger partial charge in [-0.15, -0.1) is 0 Å². The van der Waals surface area contributed by atoms with Crippen LogP contribution in [-0.4, -0.2) is 37.4 Å². The van der Waals surface area contributed by atoms with Crippen molar-refractivity contribution in [3.05, 3.63) is 28.8 Å². The highest BCUT2D eigenvalue weighted by Crippen LogP contribution is 2.22. The molecule has 0 atom stereocenters. The highest BCUT2D eigenvalue weighted by Gasteiger charge is 2.15. The zero-order chi connectivity index (χ0) is 14.3. The molecule has 0 aromatic heterocycles. The Labute approximate surface area is 120 Å². The normalized spacial score (nSPS) is 10.8. The van der Waals surface area contributed by atoms with Gasteiger partial charge in [0.2, 0.25) is 0 Å². The Bertz CT molecular complexity index is 415. The Morgan fingerprint density at radius 1 is 1.26 bits per heavy atom. The fraction of sp³-hybridized carbons (Fsp3) is 0.533. The van der Waals surface area contributed by atoms with Crippen LogP contribution in [0.15, 0.2) is 18.2 Å². The summed E-state index contributed by atoms with van der Waals surface area (Å²) in [5, 5.41) is 0.485. The van der Waals surface area contributed by atoms with E-state index in [4.69, 9.17) is 16.3 Å². The summed E-state index contributed by atoms with van der Waals surface area (Å²) in [5.41, 5.74) is 0.540. The summed E-state index contributed by atoms with van der Waals surface area (Å²) in [4.78, 5) is 14.5. The van der Waals surface area contributed by atoms with Crippen molar-refractivity contribution in [2.24, 2.45) is 0 Å². The number of rotatable bonds is 8. The van der Waals surface area contributed by atoms with Crippen molar-refractivity contribution in [3.8, 4) is 5.75 Å². The molecule has 106 valence electrons. The monoisotopic (exact) mass is 283 g/mol. The standard InChI is InChI=1S/C15H22ClNO2/c1-4-8-17(9-5-2)11-15(18)13-10-12(19-3)6-7-14(13)16/h6-7,10H,4-5,8-9,11H2,1-3H3. The molecule has 0 aliphatic rings. The lowest BCUT2D eigenvalue weighted by Gasteiger charge is -2.20. The molecular weight excluding hydrogens is 262 g/mol. The molecule has 0 aliphatic heterocycles. The second kappa shape index (κ2) is 8.18. The van der Waals surface area contributed by atoms with Crippen molar-refractivity contribution >= 4 is 17.4 Å². The summed E-state index contributed by atoms with van der Waals surface area (Å²) >= 11 is 6.09. The van der Waals surface area contributed by atoms with Gasteiger partial charge in [0.15, 0.2) is 5.78 Å². The Balaban J connectivity index is 2.81. The minimum atomic E-state index is 0.0470. The van der Waals surface area contributed by atoms with E-state index >= 15 is 0 Å². The summed E-state index contributed by atoms with van der Waals surface area (Å²) < 4.78 is 5.14. The lowest BCUT2D eigenvalue weighted by molar-refractivity contribution is 0.0930. The van der Waals surface area contributed by atoms with Crippen molar-refractivity contribution in [1.82, 2.24) is 4.90 Å². The van der Waals surface area contributed by atoms with Crippen LogP contribution in [0, 0.1) is 0 Å². The molecule has 1 aromatic rings. The summed E-state index contributed by atoms with van der Waals surface area (Å²) in [6.45, 7) is 6.51. The molecule has 0 radical (unpaired) electrons. The van der Waals surface area contributed by atoms with Crippen LogP contribution in [0.5, 0.6) is 5.75 Å². The van der Waals surface area contributed by atoms with Crippen LogP contribution in [0.25, 0.3) is 0 Å². The van der Waals surface area contributed by atoms with E-state index in [-0.39, 0.29) is 5.78 Å². The van der Waals surface area contributed by atoms with E-state index in [2.05, 4.69) is 18.7 Å². The lowest BCUT2D eigenvalue weighted by atomic mass is 10.1. The summed E-state index contributed by atoms with van der Waals surface area (Å²) in [6, 6.07) is 5.17. The highest BCUT2D eigenvalue weighted by atomic mass is 35.5. The maximum Gasteiger partial charge on any atom is 0.178 e. The van der Waals surface area contributed by atoms with E-state index in [1.54, 1.807) is 25.3 Å². The first kappa shape index (κ1) is 16.0. The van der Waals surface area contributed by atoms with E-state index in [0.29, 0.717) is 22.9 Å². The largest absolute Gasteiger partial charge is 0.497 e. The van der Waals surface area contributed by atoms with E-state index in [0.717, 1.165) is 25.9 Å². The molecule has 0 saturated heterocycles. The number of hydrogen-bond donors (Lipinski definition) is 0. The van der Waals surface area contributed by atoms with Crippen LogP contribution >= 0.6 is 11.6 Å². The molecule has 0 aliphatic carbocycles. The molecule has 4 heteroatoms. The Morgan fingerprint density at radius 3 is 2.42 bits per heavy atom. The average molecular weight is 284 g/mol. The lowest BCUT2D eigenvalue weighted by Crippen LogP contribution is -2.31. The van der Waals surface area contributed by atoms with Gasteiger partial charge in [-0.2, -0.15) is 0 Å². The van der Waals surface area contributed by atoms with Crippen molar-refractivity contribution < 1.29 is 9.53 Å². The fourth-order valence-electron chi connectivity index (χ4n) is 2.04. The van der Waals surface area contributed by atoms with Gasteiger partial charge in [0, 0.05) is 5.56 Å². The molecule has 0 fully saturated rings. The zero-order valence-electron chi connectivity index (χ0n) is 11.9. The van der Waals surface area contributed by atoms with Crippen LogP contribution in [0.4, 0.5) is 0 Å². The first-order valence-electron chi connectivity index (χ1n) is 6.71. The molecule has 0 saturated carbocycles. The number of nitrogens with zero attached hydrogens (tertiary/aromatic N) is 1. The number of methoxy groups -OCH3 is 1. The maximum atomic E-state index is 12.3. The molecule has 0 N–H and O–H groups in total. The molecule has 0 spiro atoms. The minimum absolute atomic E-state index is 0.0470. The van der Waals surface area contributed by atoms with Crippen LogP contribution in [0.2, 0.25) is 5.02 Å². The molecular formula is C15H22ClNO2. The second-order valence-corrected chi connectivity index (χ2v) is 4.95. The summed E-state index contributed by atoms with van der Waals surface area (Å²) in [5.74, 6) is 0.705. The Kier molecular flexibility index (Phi) is 6.89. The van der Waals surface area contributed by atoms with E-state index in [1.165, 1.54) is 0 Å². The van der Waals surface area contributed by atoms with Gasteiger partial charge in [0.1, 0.15) is 5.75 Å². The smallest absolute Gasteiger partial charge is 0.178 e. The third kappa shape index (κ3) is 4.84. The molecule has 19 heavy (non-hydrogen) atoms. The van der Waals surface area contributed by atoms with Gasteiger partial charge in [-0.05, 0) is 44.1 Å².